The average Bonchev–Trinajstić information content (AvgIpc) is 2.51. The lowest BCUT2D eigenvalue weighted by molar-refractivity contribution is -0.109. The van der Waals surface area contributed by atoms with Gasteiger partial charge in [0.25, 0.3) is 5.91 Å². The zero-order valence-corrected chi connectivity index (χ0v) is 12.3. The van der Waals surface area contributed by atoms with Crippen LogP contribution in [0.5, 0.6) is 0 Å². The van der Waals surface area contributed by atoms with Crippen LogP contribution in [0.3, 0.4) is 0 Å². The van der Waals surface area contributed by atoms with Crippen LogP contribution < -0.4 is 5.32 Å². The number of amides is 1. The van der Waals surface area contributed by atoms with Crippen molar-refractivity contribution >= 4 is 12.2 Å². The van der Waals surface area contributed by atoms with E-state index in [9.17, 15) is 9.59 Å². The summed E-state index contributed by atoms with van der Waals surface area (Å²) >= 11 is 0. The monoisotopic (exact) mass is 289 g/mol. The molecule has 1 heterocycles. The van der Waals surface area contributed by atoms with E-state index in [0.29, 0.717) is 18.6 Å². The van der Waals surface area contributed by atoms with E-state index >= 15 is 0 Å². The molecule has 0 radical (unpaired) electrons. The molecule has 0 fully saturated rings. The third-order valence-electron chi connectivity index (χ3n) is 3.80. The van der Waals surface area contributed by atoms with Gasteiger partial charge >= 0.3 is 0 Å². The number of nitrogens with one attached hydrogen (secondary N) is 1. The highest BCUT2D eigenvalue weighted by Gasteiger charge is 2.16. The Labute approximate surface area is 125 Å². The lowest BCUT2D eigenvalue weighted by Crippen LogP contribution is -2.36. The van der Waals surface area contributed by atoms with Crippen molar-refractivity contribution in [3.8, 4) is 0 Å². The van der Waals surface area contributed by atoms with Crippen molar-refractivity contribution in [1.82, 2.24) is 5.32 Å². The molecule has 1 aliphatic heterocycles. The molecule has 1 aromatic rings. The number of rotatable bonds is 1. The van der Waals surface area contributed by atoms with Crippen LogP contribution >= 0.6 is 0 Å². The van der Waals surface area contributed by atoms with Gasteiger partial charge < -0.3 is 14.8 Å². The van der Waals surface area contributed by atoms with E-state index in [-0.39, 0.29) is 5.91 Å². The van der Waals surface area contributed by atoms with Crippen LogP contribution in [-0.2, 0) is 16.1 Å². The van der Waals surface area contributed by atoms with Crippen LogP contribution in [0.2, 0.25) is 0 Å². The average molecular weight is 289 g/mol. The van der Waals surface area contributed by atoms with Crippen molar-refractivity contribution in [2.24, 2.45) is 0 Å². The Morgan fingerprint density at radius 1 is 1.10 bits per heavy atom. The Bertz CT molecular complexity index is 473. The van der Waals surface area contributed by atoms with Crippen LogP contribution in [0.25, 0.3) is 0 Å². The molecule has 1 N–H and O–H groups in total. The van der Waals surface area contributed by atoms with Gasteiger partial charge in [-0.15, -0.1) is 0 Å². The van der Waals surface area contributed by atoms with Crippen molar-refractivity contribution in [2.75, 3.05) is 6.61 Å². The topological polar surface area (TPSA) is 55.4 Å². The number of hydrogen-bond donors (Lipinski definition) is 1. The molecule has 1 amide bonds. The predicted molar refractivity (Wildman–Crippen MR) is 81.1 cm³/mol. The van der Waals surface area contributed by atoms with E-state index in [2.05, 4.69) is 5.32 Å². The maximum atomic E-state index is 12.3. The molecular weight excluding hydrogens is 266 g/mol. The summed E-state index contributed by atoms with van der Waals surface area (Å²) in [5.74, 6) is -0.191. The van der Waals surface area contributed by atoms with E-state index in [1.54, 1.807) is 6.07 Å². The van der Waals surface area contributed by atoms with Gasteiger partial charge in [-0.2, -0.15) is 0 Å². The molecule has 1 aliphatic rings. The molecule has 0 bridgehead atoms. The molecule has 114 valence electrons. The predicted octanol–water partition coefficient (Wildman–Crippen LogP) is 2.85. The summed E-state index contributed by atoms with van der Waals surface area (Å²) in [6.45, 7) is 1.17. The molecule has 2 rings (SSSR count). The normalized spacial score (nSPS) is 21.7. The van der Waals surface area contributed by atoms with Gasteiger partial charge in [-0.25, -0.2) is 0 Å². The molecule has 0 aromatic heterocycles. The van der Waals surface area contributed by atoms with Crippen molar-refractivity contribution < 1.29 is 14.3 Å². The first-order chi connectivity index (χ1) is 10.3. The van der Waals surface area contributed by atoms with E-state index in [4.69, 9.17) is 4.74 Å². The molecule has 4 heteroatoms. The highest BCUT2D eigenvalue weighted by Crippen LogP contribution is 2.13. The molecule has 1 aromatic carbocycles. The number of benzene rings is 1. The zero-order valence-electron chi connectivity index (χ0n) is 12.3. The standard InChI is InChI=1S/C17H23NO3/c19-12-15-9-4-2-1-3-7-11-21-13-14-8-5-6-10-16(14)17(20)18-15/h5-6,8,10,12,15H,1-4,7,9,11,13H2,(H,18,20)/t15-/m0/s1. The van der Waals surface area contributed by atoms with E-state index in [1.165, 1.54) is 0 Å². The van der Waals surface area contributed by atoms with Crippen molar-refractivity contribution in [2.45, 2.75) is 51.2 Å². The summed E-state index contributed by atoms with van der Waals surface area (Å²) in [5, 5.41) is 2.81. The van der Waals surface area contributed by atoms with Gasteiger partial charge in [0.1, 0.15) is 6.29 Å². The first-order valence-corrected chi connectivity index (χ1v) is 7.73. The Kier molecular flexibility index (Phi) is 6.41. The Morgan fingerprint density at radius 2 is 1.86 bits per heavy atom. The van der Waals surface area contributed by atoms with Gasteiger partial charge in [0.15, 0.2) is 0 Å². The third-order valence-corrected chi connectivity index (χ3v) is 3.80. The summed E-state index contributed by atoms with van der Waals surface area (Å²) in [5.41, 5.74) is 1.47. The van der Waals surface area contributed by atoms with Crippen molar-refractivity contribution in [3.63, 3.8) is 0 Å². The van der Waals surface area contributed by atoms with Gasteiger partial charge in [-0.1, -0.05) is 43.9 Å². The molecule has 0 aliphatic carbocycles. The largest absolute Gasteiger partial charge is 0.377 e. The number of carbonyl (C=O) groups excluding carboxylic acids is 2. The van der Waals surface area contributed by atoms with Gasteiger partial charge in [0.2, 0.25) is 0 Å². The lowest BCUT2D eigenvalue weighted by Gasteiger charge is -2.16. The minimum Gasteiger partial charge on any atom is -0.377 e. The Balaban J connectivity index is 2.12. The number of ether oxygens (including phenoxy) is 1. The van der Waals surface area contributed by atoms with Crippen LogP contribution in [0.15, 0.2) is 24.3 Å². The second kappa shape index (κ2) is 8.57. The minimum absolute atomic E-state index is 0.191. The summed E-state index contributed by atoms with van der Waals surface area (Å²) in [6, 6.07) is 7.01. The maximum absolute atomic E-state index is 12.3. The molecule has 21 heavy (non-hydrogen) atoms. The zero-order chi connectivity index (χ0) is 14.9. The molecule has 1 atom stereocenters. The quantitative estimate of drug-likeness (QED) is 0.809. The summed E-state index contributed by atoms with van der Waals surface area (Å²) in [4.78, 5) is 23.4. The molecule has 0 saturated heterocycles. The Hall–Kier alpha value is -1.68. The number of hydrogen-bond acceptors (Lipinski definition) is 3. The number of aldehydes is 1. The first-order valence-electron chi connectivity index (χ1n) is 7.73. The molecule has 4 nitrogen and oxygen atoms in total. The smallest absolute Gasteiger partial charge is 0.252 e. The highest BCUT2D eigenvalue weighted by atomic mass is 16.5. The SMILES string of the molecule is O=C[C@@H]1CCCCCCCOCc2ccccc2C(=O)N1. The minimum atomic E-state index is -0.394. The summed E-state index contributed by atoms with van der Waals surface area (Å²) < 4.78 is 5.66. The van der Waals surface area contributed by atoms with Gasteiger partial charge in [0.05, 0.1) is 12.6 Å². The second-order valence-corrected chi connectivity index (χ2v) is 5.48. The van der Waals surface area contributed by atoms with Crippen molar-refractivity contribution in [1.29, 1.82) is 0 Å². The van der Waals surface area contributed by atoms with Gasteiger partial charge in [-0.05, 0) is 24.5 Å². The molecule has 0 saturated carbocycles. The lowest BCUT2D eigenvalue weighted by atomic mass is 10.0. The van der Waals surface area contributed by atoms with Crippen molar-refractivity contribution in [3.05, 3.63) is 35.4 Å². The highest BCUT2D eigenvalue weighted by molar-refractivity contribution is 5.96. The van der Waals surface area contributed by atoms with E-state index in [0.717, 1.165) is 50.6 Å². The van der Waals surface area contributed by atoms with Gasteiger partial charge in [-0.3, -0.25) is 4.79 Å². The van der Waals surface area contributed by atoms with Crippen LogP contribution in [0.4, 0.5) is 0 Å². The van der Waals surface area contributed by atoms with Crippen LogP contribution in [0, 0.1) is 0 Å². The van der Waals surface area contributed by atoms with Crippen LogP contribution in [-0.4, -0.2) is 24.8 Å². The fraction of sp³-hybridized carbons (Fsp3) is 0.529. The van der Waals surface area contributed by atoms with E-state index in [1.807, 2.05) is 18.2 Å². The summed E-state index contributed by atoms with van der Waals surface area (Å²) in [7, 11) is 0. The fourth-order valence-corrected chi connectivity index (χ4v) is 2.57. The fourth-order valence-electron chi connectivity index (χ4n) is 2.57. The second-order valence-electron chi connectivity index (χ2n) is 5.48. The Morgan fingerprint density at radius 3 is 2.71 bits per heavy atom. The van der Waals surface area contributed by atoms with E-state index < -0.39 is 6.04 Å². The molecule has 0 unspecified atom stereocenters. The van der Waals surface area contributed by atoms with Crippen LogP contribution in [0.1, 0.15) is 54.4 Å². The number of carbonyl (C=O) groups is 2. The molecular formula is C17H23NO3. The summed E-state index contributed by atoms with van der Waals surface area (Å²) in [6.07, 6.45) is 6.96. The third kappa shape index (κ3) is 4.97. The number of fused-ring (bicyclic) bond motifs is 1. The maximum Gasteiger partial charge on any atom is 0.252 e. The first kappa shape index (κ1) is 15.7. The van der Waals surface area contributed by atoms with Gasteiger partial charge in [0, 0.05) is 12.2 Å². The molecule has 0 spiro atoms.